The number of nitrogens with zero attached hydrogens (tertiary/aromatic N) is 4. The topological polar surface area (TPSA) is 105 Å². The number of thioether (sulfide) groups is 1. The van der Waals surface area contributed by atoms with Gasteiger partial charge in [0.2, 0.25) is 11.8 Å². The van der Waals surface area contributed by atoms with Crippen molar-refractivity contribution in [3.8, 4) is 0 Å². The van der Waals surface area contributed by atoms with E-state index in [-0.39, 0.29) is 17.6 Å². The van der Waals surface area contributed by atoms with Crippen LogP contribution in [0.5, 0.6) is 0 Å². The van der Waals surface area contributed by atoms with Gasteiger partial charge in [-0.05, 0) is 68.5 Å². The smallest absolute Gasteiger partial charge is 0.337 e. The van der Waals surface area contributed by atoms with Crippen molar-refractivity contribution in [1.82, 2.24) is 15.1 Å². The highest BCUT2D eigenvalue weighted by atomic mass is 32.2. The van der Waals surface area contributed by atoms with Gasteiger partial charge in [-0.3, -0.25) is 9.59 Å². The number of rotatable bonds is 7. The molecular formula is C25H31N5O4S. The molecule has 0 atom stereocenters. The molecule has 0 saturated carbocycles. The van der Waals surface area contributed by atoms with E-state index >= 15 is 0 Å². The molecule has 0 aliphatic carbocycles. The predicted octanol–water partition coefficient (Wildman–Crippen LogP) is 3.22. The molecule has 35 heavy (non-hydrogen) atoms. The van der Waals surface area contributed by atoms with Crippen LogP contribution in [0.4, 0.5) is 11.5 Å². The fourth-order valence-corrected chi connectivity index (χ4v) is 5.04. The van der Waals surface area contributed by atoms with Crippen molar-refractivity contribution < 1.29 is 19.1 Å². The number of carbonyl (C=O) groups excluding carboxylic acids is 3. The molecule has 1 aromatic carbocycles. The summed E-state index contributed by atoms with van der Waals surface area (Å²) in [5, 5.41) is 12.1. The monoisotopic (exact) mass is 497 g/mol. The third-order valence-corrected chi connectivity index (χ3v) is 7.32. The van der Waals surface area contributed by atoms with Gasteiger partial charge in [0.25, 0.3) is 0 Å². The Morgan fingerprint density at radius 1 is 0.971 bits per heavy atom. The van der Waals surface area contributed by atoms with E-state index in [1.807, 2.05) is 17.0 Å². The molecule has 3 heterocycles. The Labute approximate surface area is 209 Å². The Hall–Kier alpha value is -3.14. The van der Waals surface area contributed by atoms with Gasteiger partial charge in [-0.2, -0.15) is 0 Å². The van der Waals surface area contributed by atoms with Crippen molar-refractivity contribution in [1.29, 1.82) is 0 Å². The highest BCUT2D eigenvalue weighted by Crippen LogP contribution is 2.25. The Morgan fingerprint density at radius 2 is 1.69 bits per heavy atom. The van der Waals surface area contributed by atoms with E-state index in [4.69, 9.17) is 0 Å². The lowest BCUT2D eigenvalue weighted by Crippen LogP contribution is -2.44. The number of likely N-dealkylation sites (tertiary alicyclic amines) is 1. The van der Waals surface area contributed by atoms with Crippen molar-refractivity contribution in [2.24, 2.45) is 5.92 Å². The predicted molar refractivity (Wildman–Crippen MR) is 135 cm³/mol. The van der Waals surface area contributed by atoms with E-state index < -0.39 is 5.97 Å². The van der Waals surface area contributed by atoms with Crippen LogP contribution in [0.25, 0.3) is 0 Å². The first-order chi connectivity index (χ1) is 17.0. The van der Waals surface area contributed by atoms with Crippen LogP contribution in [0.15, 0.2) is 41.4 Å². The lowest BCUT2D eigenvalue weighted by molar-refractivity contribution is -0.137. The Bertz CT molecular complexity index is 1020. The van der Waals surface area contributed by atoms with Crippen molar-refractivity contribution in [3.05, 3.63) is 42.0 Å². The molecule has 2 saturated heterocycles. The van der Waals surface area contributed by atoms with E-state index in [9.17, 15) is 14.4 Å². The van der Waals surface area contributed by atoms with E-state index in [1.54, 1.807) is 24.3 Å². The second-order valence-corrected chi connectivity index (χ2v) is 9.78. The van der Waals surface area contributed by atoms with Gasteiger partial charge < -0.3 is 19.9 Å². The molecule has 0 radical (unpaired) electrons. The number of esters is 1. The first-order valence-corrected chi connectivity index (χ1v) is 13.0. The fraction of sp³-hybridized carbons (Fsp3) is 0.480. The highest BCUT2D eigenvalue weighted by molar-refractivity contribution is 7.99. The number of benzene rings is 1. The molecule has 2 aromatic rings. The number of aromatic nitrogens is 2. The summed E-state index contributed by atoms with van der Waals surface area (Å²) in [4.78, 5) is 40.7. The lowest BCUT2D eigenvalue weighted by atomic mass is 9.94. The largest absolute Gasteiger partial charge is 0.465 e. The zero-order valence-electron chi connectivity index (χ0n) is 19.9. The molecular weight excluding hydrogens is 466 g/mol. The third kappa shape index (κ3) is 6.72. The van der Waals surface area contributed by atoms with Crippen molar-refractivity contribution in [2.45, 2.75) is 37.1 Å². The number of ether oxygens (including phenoxy) is 1. The first-order valence-electron chi connectivity index (χ1n) is 12.0. The molecule has 1 N–H and O–H groups in total. The van der Waals surface area contributed by atoms with Gasteiger partial charge in [-0.15, -0.1) is 10.2 Å². The van der Waals surface area contributed by atoms with Crippen LogP contribution in [-0.4, -0.2) is 71.9 Å². The SMILES string of the molecule is COC(=O)c1ccc(NC(=O)CSc2ccc(N3CCC(C(=O)N4CCCCC4)CC3)nn2)cc1. The van der Waals surface area contributed by atoms with Gasteiger partial charge in [-0.1, -0.05) is 11.8 Å². The molecule has 0 spiro atoms. The van der Waals surface area contributed by atoms with Crippen LogP contribution in [0.2, 0.25) is 0 Å². The number of carbonyl (C=O) groups is 3. The van der Waals surface area contributed by atoms with E-state index in [2.05, 4.69) is 25.2 Å². The minimum atomic E-state index is -0.421. The van der Waals surface area contributed by atoms with Crippen LogP contribution >= 0.6 is 11.8 Å². The van der Waals surface area contributed by atoms with Gasteiger partial charge in [0.15, 0.2) is 5.82 Å². The van der Waals surface area contributed by atoms with Crippen LogP contribution in [-0.2, 0) is 14.3 Å². The number of nitrogens with one attached hydrogen (secondary N) is 1. The molecule has 2 fully saturated rings. The number of hydrogen-bond acceptors (Lipinski definition) is 8. The number of piperidine rings is 2. The fourth-order valence-electron chi connectivity index (χ4n) is 4.43. The summed E-state index contributed by atoms with van der Waals surface area (Å²) < 4.78 is 4.67. The number of anilines is 2. The van der Waals surface area contributed by atoms with Crippen LogP contribution < -0.4 is 10.2 Å². The first kappa shape index (κ1) is 25.0. The average Bonchev–Trinajstić information content (AvgIpc) is 2.92. The average molecular weight is 498 g/mol. The van der Waals surface area contributed by atoms with Gasteiger partial charge in [-0.25, -0.2) is 4.79 Å². The molecule has 9 nitrogen and oxygen atoms in total. The summed E-state index contributed by atoms with van der Waals surface area (Å²) in [5.41, 5.74) is 1.03. The molecule has 2 aliphatic rings. The zero-order valence-corrected chi connectivity index (χ0v) is 20.8. The number of amides is 2. The van der Waals surface area contributed by atoms with Crippen molar-refractivity contribution >= 4 is 41.1 Å². The van der Waals surface area contributed by atoms with Gasteiger partial charge in [0.05, 0.1) is 18.4 Å². The van der Waals surface area contributed by atoms with Crippen molar-refractivity contribution in [2.75, 3.05) is 49.3 Å². The summed E-state index contributed by atoms with van der Waals surface area (Å²) in [6.45, 7) is 3.40. The van der Waals surface area contributed by atoms with E-state index in [1.165, 1.54) is 25.3 Å². The summed E-state index contributed by atoms with van der Waals surface area (Å²) in [7, 11) is 1.33. The summed E-state index contributed by atoms with van der Waals surface area (Å²) >= 11 is 1.31. The quantitative estimate of drug-likeness (QED) is 0.459. The molecule has 2 aliphatic heterocycles. The lowest BCUT2D eigenvalue weighted by Gasteiger charge is -2.35. The standard InChI is InChI=1S/C25H31N5O4S/c1-34-25(33)19-5-7-20(8-6-19)26-22(31)17-35-23-10-9-21(27-28-23)29-15-11-18(12-16-29)24(32)30-13-3-2-4-14-30/h5-10,18H,2-4,11-17H2,1H3,(H,26,31). The van der Waals surface area contributed by atoms with E-state index in [0.717, 1.165) is 57.7 Å². The number of methoxy groups -OCH3 is 1. The number of hydrogen-bond donors (Lipinski definition) is 1. The minimum absolute atomic E-state index is 0.113. The maximum absolute atomic E-state index is 12.8. The molecule has 186 valence electrons. The Balaban J connectivity index is 1.21. The third-order valence-electron chi connectivity index (χ3n) is 6.40. The normalized spacial score (nSPS) is 16.6. The molecule has 0 bridgehead atoms. The highest BCUT2D eigenvalue weighted by Gasteiger charge is 2.29. The van der Waals surface area contributed by atoms with Gasteiger partial charge >= 0.3 is 5.97 Å². The second kappa shape index (κ2) is 12.0. The van der Waals surface area contributed by atoms with E-state index in [0.29, 0.717) is 22.2 Å². The van der Waals surface area contributed by atoms with Gasteiger partial charge in [0.1, 0.15) is 5.03 Å². The summed E-state index contributed by atoms with van der Waals surface area (Å²) in [6.07, 6.45) is 5.15. The molecule has 4 rings (SSSR count). The maximum atomic E-state index is 12.8. The van der Waals surface area contributed by atoms with Crippen LogP contribution in [0, 0.1) is 5.92 Å². The Kier molecular flexibility index (Phi) is 8.57. The molecule has 0 unspecified atom stereocenters. The summed E-state index contributed by atoms with van der Waals surface area (Å²) in [6, 6.07) is 10.3. The summed E-state index contributed by atoms with van der Waals surface area (Å²) in [5.74, 6) is 0.829. The second-order valence-electron chi connectivity index (χ2n) is 8.78. The van der Waals surface area contributed by atoms with Crippen LogP contribution in [0.1, 0.15) is 42.5 Å². The Morgan fingerprint density at radius 3 is 2.31 bits per heavy atom. The maximum Gasteiger partial charge on any atom is 0.337 e. The zero-order chi connectivity index (χ0) is 24.6. The minimum Gasteiger partial charge on any atom is -0.465 e. The molecule has 2 amide bonds. The molecule has 10 heteroatoms. The van der Waals surface area contributed by atoms with Crippen molar-refractivity contribution in [3.63, 3.8) is 0 Å². The molecule has 1 aromatic heterocycles. The van der Waals surface area contributed by atoms with Gasteiger partial charge in [0, 0.05) is 37.8 Å². The van der Waals surface area contributed by atoms with Crippen LogP contribution in [0.3, 0.4) is 0 Å².